The van der Waals surface area contributed by atoms with E-state index in [9.17, 15) is 19.5 Å². The summed E-state index contributed by atoms with van der Waals surface area (Å²) in [5, 5.41) is 11.0. The monoisotopic (exact) mass is 515 g/mol. The van der Waals surface area contributed by atoms with Gasteiger partial charge in [0.05, 0.1) is 23.1 Å². The first-order valence-corrected chi connectivity index (χ1v) is 11.8. The lowest BCUT2D eigenvalue weighted by Gasteiger charge is -2.08. The summed E-state index contributed by atoms with van der Waals surface area (Å²) in [5.74, 6) is -1.94. The molecule has 8 nitrogen and oxygen atoms in total. The predicted molar refractivity (Wildman–Crippen MR) is 134 cm³/mol. The van der Waals surface area contributed by atoms with Crippen LogP contribution in [0.5, 0.6) is 5.75 Å². The largest absolute Gasteiger partial charge is 0.506 e. The molecule has 0 spiro atoms. The van der Waals surface area contributed by atoms with Gasteiger partial charge in [-0.25, -0.2) is 14.6 Å². The first-order valence-electron chi connectivity index (χ1n) is 10.6. The Morgan fingerprint density at radius 1 is 1.06 bits per heavy atom. The van der Waals surface area contributed by atoms with Crippen LogP contribution in [0.15, 0.2) is 69.8 Å². The number of aliphatic imine (C=N–C) groups is 1. The Balaban J connectivity index is 1.88. The standard InChI is InChI=1S/C25H22ClNO7S/c1-3-32-20(28)14-34-18-11-10-15(12-17(18)26)13-19-22(29)21(25(31)33-4-2)24(35-19)27-23(30)16-8-6-5-7-9-16/h5-13,29H,3-4,14H2,1-2H3/b19-13-,27-24?. The smallest absolute Gasteiger partial charge is 0.344 e. The number of halogens is 1. The van der Waals surface area contributed by atoms with Gasteiger partial charge in [0.1, 0.15) is 22.1 Å². The fourth-order valence-corrected chi connectivity index (χ4v) is 4.20. The van der Waals surface area contributed by atoms with Crippen molar-refractivity contribution in [1.82, 2.24) is 0 Å². The lowest BCUT2D eigenvalue weighted by molar-refractivity contribution is -0.145. The van der Waals surface area contributed by atoms with E-state index in [0.717, 1.165) is 11.8 Å². The molecule has 2 aromatic rings. The molecular formula is C25H22ClNO7S. The predicted octanol–water partition coefficient (Wildman–Crippen LogP) is 4.98. The molecule has 1 heterocycles. The minimum atomic E-state index is -0.791. The zero-order chi connectivity index (χ0) is 25.4. The molecule has 35 heavy (non-hydrogen) atoms. The Kier molecular flexibility index (Phi) is 9.11. The number of aliphatic hydroxyl groups excluding tert-OH is 1. The van der Waals surface area contributed by atoms with Crippen molar-refractivity contribution in [3.8, 4) is 5.75 Å². The highest BCUT2D eigenvalue weighted by atomic mass is 35.5. The number of hydrogen-bond acceptors (Lipinski definition) is 8. The molecule has 1 amide bonds. The molecule has 0 saturated heterocycles. The highest BCUT2D eigenvalue weighted by molar-refractivity contribution is 8.18. The zero-order valence-corrected chi connectivity index (χ0v) is 20.5. The van der Waals surface area contributed by atoms with Crippen LogP contribution in [0, 0.1) is 0 Å². The molecule has 0 radical (unpaired) electrons. The normalized spacial score (nSPS) is 15.4. The molecule has 0 atom stereocenters. The quantitative estimate of drug-likeness (QED) is 0.490. The maximum Gasteiger partial charge on any atom is 0.344 e. The van der Waals surface area contributed by atoms with E-state index >= 15 is 0 Å². The van der Waals surface area contributed by atoms with E-state index in [4.69, 9.17) is 25.8 Å². The molecule has 0 bridgehead atoms. The number of benzene rings is 2. The van der Waals surface area contributed by atoms with Crippen molar-refractivity contribution in [2.75, 3.05) is 19.8 Å². The molecular weight excluding hydrogens is 494 g/mol. The van der Waals surface area contributed by atoms with E-state index in [1.165, 1.54) is 0 Å². The van der Waals surface area contributed by atoms with Gasteiger partial charge in [-0.1, -0.05) is 47.6 Å². The second-order valence-electron chi connectivity index (χ2n) is 6.93. The third kappa shape index (κ3) is 6.74. The van der Waals surface area contributed by atoms with Gasteiger partial charge in [-0.2, -0.15) is 0 Å². The van der Waals surface area contributed by atoms with Crippen LogP contribution in [-0.2, 0) is 19.1 Å². The number of thioether (sulfide) groups is 1. The number of hydrogen-bond donors (Lipinski definition) is 1. The van der Waals surface area contributed by atoms with Crippen LogP contribution in [0.4, 0.5) is 0 Å². The lowest BCUT2D eigenvalue weighted by Crippen LogP contribution is -2.14. The van der Waals surface area contributed by atoms with E-state index in [2.05, 4.69) is 4.99 Å². The van der Waals surface area contributed by atoms with Gasteiger partial charge >= 0.3 is 11.9 Å². The highest BCUT2D eigenvalue weighted by Gasteiger charge is 2.34. The minimum Gasteiger partial charge on any atom is -0.506 e. The first kappa shape index (κ1) is 26.1. The second kappa shape index (κ2) is 12.2. The summed E-state index contributed by atoms with van der Waals surface area (Å²) in [6, 6.07) is 13.2. The number of carbonyl (C=O) groups excluding carboxylic acids is 3. The van der Waals surface area contributed by atoms with Crippen LogP contribution < -0.4 is 4.74 Å². The van der Waals surface area contributed by atoms with Crippen LogP contribution in [0.1, 0.15) is 29.8 Å². The number of amides is 1. The third-order valence-corrected chi connectivity index (χ3v) is 5.81. The summed E-state index contributed by atoms with van der Waals surface area (Å²) < 4.78 is 15.2. The van der Waals surface area contributed by atoms with Crippen molar-refractivity contribution in [2.24, 2.45) is 4.99 Å². The van der Waals surface area contributed by atoms with Crippen LogP contribution in [-0.4, -0.2) is 47.8 Å². The highest BCUT2D eigenvalue weighted by Crippen LogP contribution is 2.40. The van der Waals surface area contributed by atoms with Crippen LogP contribution >= 0.6 is 23.4 Å². The van der Waals surface area contributed by atoms with E-state index in [1.807, 2.05) is 0 Å². The molecule has 182 valence electrons. The van der Waals surface area contributed by atoms with Crippen LogP contribution in [0.25, 0.3) is 6.08 Å². The average molecular weight is 516 g/mol. The van der Waals surface area contributed by atoms with Crippen molar-refractivity contribution in [3.63, 3.8) is 0 Å². The van der Waals surface area contributed by atoms with Crippen molar-refractivity contribution >= 4 is 52.3 Å². The Bertz CT molecular complexity index is 1220. The number of esters is 2. The summed E-state index contributed by atoms with van der Waals surface area (Å²) >= 11 is 7.23. The maximum atomic E-state index is 12.6. The van der Waals surface area contributed by atoms with Crippen LogP contribution in [0.3, 0.4) is 0 Å². The molecule has 0 aromatic heterocycles. The molecule has 0 aliphatic carbocycles. The molecule has 0 unspecified atom stereocenters. The SMILES string of the molecule is CCOC(=O)COc1ccc(/C=C2\SC(=NC(=O)c3ccccc3)C(C(=O)OCC)=C2O)cc1Cl. The fourth-order valence-electron chi connectivity index (χ4n) is 2.94. The zero-order valence-electron chi connectivity index (χ0n) is 18.9. The van der Waals surface area contributed by atoms with Gasteiger partial charge in [0.15, 0.2) is 6.61 Å². The van der Waals surface area contributed by atoms with Gasteiger partial charge in [-0.3, -0.25) is 4.79 Å². The van der Waals surface area contributed by atoms with Gasteiger partial charge in [0.2, 0.25) is 0 Å². The second-order valence-corrected chi connectivity index (χ2v) is 8.36. The molecule has 10 heteroatoms. The number of carbonyl (C=O) groups is 3. The van der Waals surface area contributed by atoms with Crippen LogP contribution in [0.2, 0.25) is 5.02 Å². The van der Waals surface area contributed by atoms with Gasteiger partial charge < -0.3 is 19.3 Å². The summed E-state index contributed by atoms with van der Waals surface area (Å²) in [6.45, 7) is 3.37. The van der Waals surface area contributed by atoms with E-state index in [0.29, 0.717) is 11.1 Å². The molecule has 2 aromatic carbocycles. The van der Waals surface area contributed by atoms with E-state index in [1.54, 1.807) is 68.5 Å². The van der Waals surface area contributed by atoms with E-state index < -0.39 is 17.8 Å². The summed E-state index contributed by atoms with van der Waals surface area (Å²) in [7, 11) is 0. The number of ether oxygens (including phenoxy) is 3. The average Bonchev–Trinajstić information content (AvgIpc) is 3.13. The lowest BCUT2D eigenvalue weighted by atomic mass is 10.1. The summed E-state index contributed by atoms with van der Waals surface area (Å²) in [6.07, 6.45) is 1.58. The topological polar surface area (TPSA) is 111 Å². The maximum absolute atomic E-state index is 12.6. The summed E-state index contributed by atoms with van der Waals surface area (Å²) in [5.41, 5.74) is 0.727. The Morgan fingerprint density at radius 2 is 1.77 bits per heavy atom. The Labute approximate surface area is 211 Å². The van der Waals surface area contributed by atoms with E-state index in [-0.39, 0.29) is 51.9 Å². The van der Waals surface area contributed by atoms with Gasteiger partial charge in [0.25, 0.3) is 5.91 Å². The molecule has 1 aliphatic heterocycles. The molecule has 0 saturated carbocycles. The molecule has 1 aliphatic rings. The van der Waals surface area contributed by atoms with Crippen molar-refractivity contribution in [2.45, 2.75) is 13.8 Å². The Hall–Kier alpha value is -3.56. The third-order valence-electron chi connectivity index (χ3n) is 4.50. The van der Waals surface area contributed by atoms with Crippen molar-refractivity contribution in [1.29, 1.82) is 0 Å². The Morgan fingerprint density at radius 3 is 2.43 bits per heavy atom. The van der Waals surface area contributed by atoms with Crippen molar-refractivity contribution < 1.29 is 33.7 Å². The fraction of sp³-hybridized carbons (Fsp3) is 0.200. The summed E-state index contributed by atoms with van der Waals surface area (Å²) in [4.78, 5) is 40.9. The molecule has 0 fully saturated rings. The molecule has 1 N–H and O–H groups in total. The minimum absolute atomic E-state index is 0.0292. The number of rotatable bonds is 8. The molecule has 3 rings (SSSR count). The van der Waals surface area contributed by atoms with Gasteiger partial charge in [0, 0.05) is 5.56 Å². The number of nitrogens with zero attached hydrogens (tertiary/aromatic N) is 1. The van der Waals surface area contributed by atoms with Gasteiger partial charge in [-0.15, -0.1) is 0 Å². The van der Waals surface area contributed by atoms with Crippen molar-refractivity contribution in [3.05, 3.63) is 80.9 Å². The number of aliphatic hydroxyl groups is 1. The first-order chi connectivity index (χ1) is 16.8. The van der Waals surface area contributed by atoms with Gasteiger partial charge in [-0.05, 0) is 49.8 Å².